The van der Waals surface area contributed by atoms with E-state index in [9.17, 15) is 0 Å². The zero-order chi connectivity index (χ0) is 5.98. The van der Waals surface area contributed by atoms with Gasteiger partial charge in [0.2, 0.25) is 0 Å². The molecule has 0 spiro atoms. The Hall–Kier alpha value is -0.260. The van der Waals surface area contributed by atoms with Gasteiger partial charge in [0.15, 0.2) is 0 Å². The molecule has 0 radical (unpaired) electrons. The molecule has 0 atom stereocenters. The summed E-state index contributed by atoms with van der Waals surface area (Å²) < 4.78 is 6.90. The van der Waals surface area contributed by atoms with Crippen LogP contribution in [0.4, 0.5) is 0 Å². The SMILES string of the molecule is CN(N)C1=NSNC1. The van der Waals surface area contributed by atoms with Crippen LogP contribution in [-0.2, 0) is 0 Å². The van der Waals surface area contributed by atoms with Crippen molar-refractivity contribution in [3.63, 3.8) is 0 Å². The lowest BCUT2D eigenvalue weighted by Crippen LogP contribution is -2.35. The van der Waals surface area contributed by atoms with Crippen LogP contribution in [0.1, 0.15) is 0 Å². The van der Waals surface area contributed by atoms with E-state index >= 15 is 0 Å². The van der Waals surface area contributed by atoms with Crippen molar-refractivity contribution in [2.75, 3.05) is 13.6 Å². The van der Waals surface area contributed by atoms with Crippen LogP contribution in [0.3, 0.4) is 0 Å². The van der Waals surface area contributed by atoms with Gasteiger partial charge in [-0.3, -0.25) is 5.01 Å². The number of hydrogen-bond donors (Lipinski definition) is 2. The van der Waals surface area contributed by atoms with E-state index in [1.807, 2.05) is 0 Å². The van der Waals surface area contributed by atoms with E-state index in [1.54, 1.807) is 7.05 Å². The minimum absolute atomic E-state index is 0.762. The number of rotatable bonds is 0. The van der Waals surface area contributed by atoms with Crippen molar-refractivity contribution in [1.29, 1.82) is 0 Å². The van der Waals surface area contributed by atoms with Crippen molar-refractivity contribution in [2.24, 2.45) is 10.2 Å². The van der Waals surface area contributed by atoms with Crippen molar-refractivity contribution in [3.05, 3.63) is 0 Å². The van der Waals surface area contributed by atoms with Crippen LogP contribution in [0.15, 0.2) is 4.40 Å². The summed E-state index contributed by atoms with van der Waals surface area (Å²) in [5.41, 5.74) is 0. The standard InChI is InChI=1S/C3H8N4S/c1-7(4)3-2-5-8-6-3/h5H,2,4H2,1H3. The molecule has 1 rings (SSSR count). The largest absolute Gasteiger partial charge is 0.300 e. The van der Waals surface area contributed by atoms with Gasteiger partial charge < -0.3 is 0 Å². The molecule has 0 aliphatic carbocycles. The van der Waals surface area contributed by atoms with Crippen LogP contribution < -0.4 is 10.6 Å². The lowest BCUT2D eigenvalue weighted by Gasteiger charge is -2.07. The predicted molar refractivity (Wildman–Crippen MR) is 35.0 cm³/mol. The Bertz CT molecular complexity index is 110. The van der Waals surface area contributed by atoms with Gasteiger partial charge in [-0.2, -0.15) is 4.40 Å². The van der Waals surface area contributed by atoms with Crippen molar-refractivity contribution in [2.45, 2.75) is 0 Å². The molecular formula is C3H8N4S. The fourth-order valence-electron chi connectivity index (χ4n) is 0.403. The first-order valence-corrected chi connectivity index (χ1v) is 3.02. The summed E-state index contributed by atoms with van der Waals surface area (Å²) in [6, 6.07) is 0. The van der Waals surface area contributed by atoms with Gasteiger partial charge in [-0.1, -0.05) is 0 Å². The molecule has 1 aliphatic rings. The van der Waals surface area contributed by atoms with Gasteiger partial charge in [0.1, 0.15) is 5.84 Å². The third kappa shape index (κ3) is 1.12. The second-order valence-corrected chi connectivity index (χ2v) is 2.18. The molecule has 0 aromatic rings. The molecule has 0 unspecified atom stereocenters. The Morgan fingerprint density at radius 1 is 2.00 bits per heavy atom. The quantitative estimate of drug-likeness (QED) is 0.261. The minimum Gasteiger partial charge on any atom is -0.300 e. The van der Waals surface area contributed by atoms with E-state index in [2.05, 4.69) is 9.12 Å². The third-order valence-electron chi connectivity index (χ3n) is 0.853. The first-order chi connectivity index (χ1) is 3.80. The number of nitrogens with one attached hydrogen (secondary N) is 1. The summed E-state index contributed by atoms with van der Waals surface area (Å²) in [4.78, 5) is 0. The first kappa shape index (κ1) is 5.87. The number of likely N-dealkylation sites (N-methyl/N-ethyl adjacent to an activating group) is 1. The van der Waals surface area contributed by atoms with Gasteiger partial charge >= 0.3 is 0 Å². The predicted octanol–water partition coefficient (Wildman–Crippen LogP) is -0.643. The zero-order valence-corrected chi connectivity index (χ0v) is 5.40. The number of hydrazine groups is 1. The van der Waals surface area contributed by atoms with E-state index in [1.165, 1.54) is 17.1 Å². The molecule has 0 amide bonds. The van der Waals surface area contributed by atoms with E-state index in [-0.39, 0.29) is 0 Å². The molecule has 0 saturated carbocycles. The van der Waals surface area contributed by atoms with E-state index in [4.69, 9.17) is 5.84 Å². The Morgan fingerprint density at radius 2 is 2.75 bits per heavy atom. The van der Waals surface area contributed by atoms with E-state index < -0.39 is 0 Å². The smallest absolute Gasteiger partial charge is 0.143 e. The average Bonchev–Trinajstić information content (AvgIpc) is 2.12. The van der Waals surface area contributed by atoms with Gasteiger partial charge in [0.25, 0.3) is 0 Å². The van der Waals surface area contributed by atoms with Crippen LogP contribution in [-0.4, -0.2) is 24.4 Å². The molecule has 0 saturated heterocycles. The highest BCUT2D eigenvalue weighted by Gasteiger charge is 2.06. The summed E-state index contributed by atoms with van der Waals surface area (Å²) in [6.45, 7) is 0.762. The molecule has 4 nitrogen and oxygen atoms in total. The number of nitrogens with zero attached hydrogens (tertiary/aromatic N) is 2. The van der Waals surface area contributed by atoms with Crippen LogP contribution in [0, 0.1) is 0 Å². The molecule has 0 bridgehead atoms. The Morgan fingerprint density at radius 3 is 3.00 bits per heavy atom. The molecule has 0 aromatic carbocycles. The summed E-state index contributed by atoms with van der Waals surface area (Å²) in [5.74, 6) is 6.23. The maximum Gasteiger partial charge on any atom is 0.143 e. The highest BCUT2D eigenvalue weighted by Crippen LogP contribution is 2.03. The van der Waals surface area contributed by atoms with Crippen molar-refractivity contribution in [1.82, 2.24) is 9.73 Å². The molecular weight excluding hydrogens is 124 g/mol. The van der Waals surface area contributed by atoms with Crippen molar-refractivity contribution in [3.8, 4) is 0 Å². The average molecular weight is 132 g/mol. The van der Waals surface area contributed by atoms with E-state index in [0.717, 1.165) is 12.4 Å². The molecule has 46 valence electrons. The van der Waals surface area contributed by atoms with Crippen LogP contribution in [0.25, 0.3) is 0 Å². The topological polar surface area (TPSA) is 53.6 Å². The van der Waals surface area contributed by atoms with Crippen LogP contribution in [0.5, 0.6) is 0 Å². The molecule has 0 aromatic heterocycles. The summed E-state index contributed by atoms with van der Waals surface area (Å²) in [5, 5.41) is 1.51. The molecule has 1 heterocycles. The van der Waals surface area contributed by atoms with E-state index in [0.29, 0.717) is 0 Å². The van der Waals surface area contributed by atoms with Gasteiger partial charge in [0.05, 0.1) is 18.7 Å². The van der Waals surface area contributed by atoms with Gasteiger partial charge in [-0.05, 0) is 0 Å². The van der Waals surface area contributed by atoms with Crippen molar-refractivity contribution < 1.29 is 0 Å². The Labute approximate surface area is 52.4 Å². The maximum absolute atomic E-state index is 5.35. The summed E-state index contributed by atoms with van der Waals surface area (Å²) in [6.07, 6.45) is 0. The zero-order valence-electron chi connectivity index (χ0n) is 4.59. The van der Waals surface area contributed by atoms with Crippen LogP contribution in [0.2, 0.25) is 0 Å². The fraction of sp³-hybridized carbons (Fsp3) is 0.667. The number of amidine groups is 1. The second kappa shape index (κ2) is 2.34. The molecule has 8 heavy (non-hydrogen) atoms. The first-order valence-electron chi connectivity index (χ1n) is 2.25. The minimum atomic E-state index is 0.762. The van der Waals surface area contributed by atoms with Gasteiger partial charge in [-0.25, -0.2) is 10.6 Å². The fourth-order valence-corrected chi connectivity index (χ4v) is 0.960. The Kier molecular flexibility index (Phi) is 1.72. The second-order valence-electron chi connectivity index (χ2n) is 1.53. The normalized spacial score (nSPS) is 18.5. The lowest BCUT2D eigenvalue weighted by molar-refractivity contribution is 0.533. The number of nitrogens with two attached hydrogens (primary N) is 1. The van der Waals surface area contributed by atoms with Gasteiger partial charge in [-0.15, -0.1) is 0 Å². The molecule has 1 aliphatic heterocycles. The van der Waals surface area contributed by atoms with Crippen LogP contribution >= 0.6 is 12.1 Å². The molecule has 5 heteroatoms. The summed E-state index contributed by atoms with van der Waals surface area (Å²) >= 11 is 1.33. The monoisotopic (exact) mass is 132 g/mol. The lowest BCUT2D eigenvalue weighted by atomic mass is 10.6. The molecule has 0 fully saturated rings. The van der Waals surface area contributed by atoms with Gasteiger partial charge in [0, 0.05) is 7.05 Å². The number of hydrogen-bond acceptors (Lipinski definition) is 5. The Balaban J connectivity index is 2.45. The molecule has 3 N–H and O–H groups in total. The highest BCUT2D eigenvalue weighted by atomic mass is 32.2. The highest BCUT2D eigenvalue weighted by molar-refractivity contribution is 7.96. The maximum atomic E-state index is 5.35. The van der Waals surface area contributed by atoms with Crippen molar-refractivity contribution >= 4 is 18.0 Å². The summed E-state index contributed by atoms with van der Waals surface area (Å²) in [7, 11) is 1.77. The third-order valence-corrected chi connectivity index (χ3v) is 1.43.